The van der Waals surface area contributed by atoms with Gasteiger partial charge in [0.15, 0.2) is 0 Å². The average molecular weight is 467 g/mol. The molecule has 0 saturated heterocycles. The smallest absolute Gasteiger partial charge is 0.255 e. The predicted octanol–water partition coefficient (Wildman–Crippen LogP) is 5.35. The number of hydrogen-bond donors (Lipinski definition) is 1. The minimum Gasteiger partial charge on any atom is -0.319 e. The van der Waals surface area contributed by atoms with Gasteiger partial charge in [-0.1, -0.05) is 53.5 Å². The minimum atomic E-state index is -3.66. The molecule has 30 heavy (non-hydrogen) atoms. The lowest BCUT2D eigenvalue weighted by Gasteiger charge is -2.24. The first-order chi connectivity index (χ1) is 14.2. The third-order valence-electron chi connectivity index (χ3n) is 4.26. The highest BCUT2D eigenvalue weighted by molar-refractivity contribution is 7.92. The molecule has 3 rings (SSSR count). The van der Waals surface area contributed by atoms with Crippen LogP contribution >= 0.6 is 23.2 Å². The molecule has 0 bridgehead atoms. The van der Waals surface area contributed by atoms with Crippen molar-refractivity contribution in [3.05, 3.63) is 93.7 Å². The van der Waals surface area contributed by atoms with Gasteiger partial charge < -0.3 is 5.32 Å². The summed E-state index contributed by atoms with van der Waals surface area (Å²) in [7, 11) is -3.66. The zero-order valence-corrected chi connectivity index (χ0v) is 18.1. The molecular formula is C21H17Cl2FN2O3S. The standard InChI is InChI=1S/C21H17Cl2FN2O3S/c1-30(28,29)26(19-8-4-5-16(22)20(19)23)13-14-9-11-15(12-10-14)21(27)25-18-7-3-2-6-17(18)24/h2-12H,13H2,1H3,(H,25,27). The second kappa shape index (κ2) is 9.04. The normalized spacial score (nSPS) is 11.2. The van der Waals surface area contributed by atoms with E-state index in [1.54, 1.807) is 36.4 Å². The number of rotatable bonds is 6. The highest BCUT2D eigenvalue weighted by Crippen LogP contribution is 2.34. The van der Waals surface area contributed by atoms with Gasteiger partial charge in [-0.15, -0.1) is 0 Å². The fraction of sp³-hybridized carbons (Fsp3) is 0.0952. The molecule has 0 unspecified atom stereocenters. The molecule has 0 heterocycles. The van der Waals surface area contributed by atoms with E-state index in [9.17, 15) is 17.6 Å². The topological polar surface area (TPSA) is 66.5 Å². The van der Waals surface area contributed by atoms with Crippen LogP contribution in [0.4, 0.5) is 15.8 Å². The van der Waals surface area contributed by atoms with E-state index in [-0.39, 0.29) is 28.0 Å². The zero-order chi connectivity index (χ0) is 21.9. The second-order valence-electron chi connectivity index (χ2n) is 6.47. The van der Waals surface area contributed by atoms with Crippen molar-refractivity contribution in [2.75, 3.05) is 15.9 Å². The van der Waals surface area contributed by atoms with Crippen LogP contribution in [0.1, 0.15) is 15.9 Å². The minimum absolute atomic E-state index is 0.00585. The summed E-state index contributed by atoms with van der Waals surface area (Å²) in [5.74, 6) is -1.02. The molecule has 3 aromatic rings. The van der Waals surface area contributed by atoms with E-state index in [1.807, 2.05) is 0 Å². The maximum atomic E-state index is 13.7. The summed E-state index contributed by atoms with van der Waals surface area (Å²) < 4.78 is 39.5. The Morgan fingerprint density at radius 3 is 2.30 bits per heavy atom. The number of para-hydroxylation sites is 1. The van der Waals surface area contributed by atoms with Crippen molar-refractivity contribution in [2.45, 2.75) is 6.54 Å². The largest absolute Gasteiger partial charge is 0.319 e. The van der Waals surface area contributed by atoms with E-state index in [1.165, 1.54) is 30.3 Å². The maximum Gasteiger partial charge on any atom is 0.255 e. The highest BCUT2D eigenvalue weighted by Gasteiger charge is 2.21. The molecule has 0 radical (unpaired) electrons. The number of benzene rings is 3. The molecule has 0 aliphatic heterocycles. The van der Waals surface area contributed by atoms with Gasteiger partial charge in [0.25, 0.3) is 5.91 Å². The molecule has 0 fully saturated rings. The monoisotopic (exact) mass is 466 g/mol. The van der Waals surface area contributed by atoms with E-state index < -0.39 is 21.7 Å². The van der Waals surface area contributed by atoms with Crippen molar-refractivity contribution >= 4 is 50.5 Å². The number of halogens is 3. The molecule has 0 spiro atoms. The molecule has 3 aromatic carbocycles. The SMILES string of the molecule is CS(=O)(=O)N(Cc1ccc(C(=O)Nc2ccccc2F)cc1)c1cccc(Cl)c1Cl. The van der Waals surface area contributed by atoms with Gasteiger partial charge in [0.05, 0.1) is 34.2 Å². The van der Waals surface area contributed by atoms with Crippen LogP contribution in [0.25, 0.3) is 0 Å². The number of hydrogen-bond acceptors (Lipinski definition) is 3. The van der Waals surface area contributed by atoms with Crippen LogP contribution in [-0.4, -0.2) is 20.6 Å². The van der Waals surface area contributed by atoms with E-state index in [0.717, 1.165) is 10.6 Å². The van der Waals surface area contributed by atoms with Gasteiger partial charge in [-0.25, -0.2) is 12.8 Å². The van der Waals surface area contributed by atoms with Crippen LogP contribution in [0.15, 0.2) is 66.7 Å². The Hall–Kier alpha value is -2.61. The van der Waals surface area contributed by atoms with Crippen LogP contribution < -0.4 is 9.62 Å². The lowest BCUT2D eigenvalue weighted by molar-refractivity contribution is 0.102. The van der Waals surface area contributed by atoms with Gasteiger partial charge in [-0.05, 0) is 42.0 Å². The van der Waals surface area contributed by atoms with Crippen molar-refractivity contribution in [2.24, 2.45) is 0 Å². The molecule has 0 saturated carbocycles. The maximum absolute atomic E-state index is 13.7. The van der Waals surface area contributed by atoms with Crippen molar-refractivity contribution in [3.63, 3.8) is 0 Å². The van der Waals surface area contributed by atoms with Gasteiger partial charge in [-0.2, -0.15) is 0 Å². The number of carbonyl (C=O) groups is 1. The van der Waals surface area contributed by atoms with E-state index in [2.05, 4.69) is 5.32 Å². The number of nitrogens with one attached hydrogen (secondary N) is 1. The number of sulfonamides is 1. The summed E-state index contributed by atoms with van der Waals surface area (Å²) in [6.07, 6.45) is 1.07. The third-order valence-corrected chi connectivity index (χ3v) is 6.20. The summed E-state index contributed by atoms with van der Waals surface area (Å²) >= 11 is 12.2. The van der Waals surface area contributed by atoms with Crippen LogP contribution in [0.2, 0.25) is 10.0 Å². The molecule has 5 nitrogen and oxygen atoms in total. The van der Waals surface area contributed by atoms with Crippen molar-refractivity contribution < 1.29 is 17.6 Å². The Kier molecular flexibility index (Phi) is 6.65. The molecule has 156 valence electrons. The third kappa shape index (κ3) is 5.11. The van der Waals surface area contributed by atoms with E-state index in [4.69, 9.17) is 23.2 Å². The van der Waals surface area contributed by atoms with Gasteiger partial charge in [-0.3, -0.25) is 9.10 Å². The second-order valence-corrected chi connectivity index (χ2v) is 9.17. The van der Waals surface area contributed by atoms with Crippen LogP contribution in [0.5, 0.6) is 0 Å². The number of nitrogens with zero attached hydrogens (tertiary/aromatic N) is 1. The number of carbonyl (C=O) groups excluding carboxylic acids is 1. The summed E-state index contributed by atoms with van der Waals surface area (Å²) in [6, 6.07) is 16.9. The summed E-state index contributed by atoms with van der Waals surface area (Å²) in [5.41, 5.74) is 1.26. The molecular weight excluding hydrogens is 450 g/mol. The summed E-state index contributed by atoms with van der Waals surface area (Å²) in [6.45, 7) is -0.00585. The van der Waals surface area contributed by atoms with Crippen molar-refractivity contribution in [3.8, 4) is 0 Å². The van der Waals surface area contributed by atoms with Gasteiger partial charge in [0, 0.05) is 5.56 Å². The molecule has 0 aromatic heterocycles. The van der Waals surface area contributed by atoms with Crippen LogP contribution in [-0.2, 0) is 16.6 Å². The first-order valence-corrected chi connectivity index (χ1v) is 11.3. The van der Waals surface area contributed by atoms with Crippen LogP contribution in [0.3, 0.4) is 0 Å². The fourth-order valence-corrected chi connectivity index (χ4v) is 4.09. The van der Waals surface area contributed by atoms with Gasteiger partial charge in [0.1, 0.15) is 5.82 Å². The average Bonchev–Trinajstić information content (AvgIpc) is 2.70. The van der Waals surface area contributed by atoms with Gasteiger partial charge in [0.2, 0.25) is 10.0 Å². The zero-order valence-electron chi connectivity index (χ0n) is 15.8. The number of amides is 1. The molecule has 0 atom stereocenters. The molecule has 9 heteroatoms. The summed E-state index contributed by atoms with van der Waals surface area (Å²) in [5, 5.41) is 2.87. The van der Waals surface area contributed by atoms with E-state index in [0.29, 0.717) is 11.1 Å². The Balaban J connectivity index is 1.82. The molecule has 0 aliphatic carbocycles. The first-order valence-electron chi connectivity index (χ1n) is 8.73. The Bertz CT molecular complexity index is 1190. The molecule has 0 aliphatic rings. The van der Waals surface area contributed by atoms with E-state index >= 15 is 0 Å². The number of anilines is 2. The first kappa shape index (κ1) is 22.1. The lowest BCUT2D eigenvalue weighted by atomic mass is 10.1. The van der Waals surface area contributed by atoms with Crippen molar-refractivity contribution in [1.29, 1.82) is 0 Å². The highest BCUT2D eigenvalue weighted by atomic mass is 35.5. The lowest BCUT2D eigenvalue weighted by Crippen LogP contribution is -2.29. The van der Waals surface area contributed by atoms with Crippen molar-refractivity contribution in [1.82, 2.24) is 0 Å². The fourth-order valence-electron chi connectivity index (χ4n) is 2.75. The molecule has 1 N–H and O–H groups in total. The van der Waals surface area contributed by atoms with Crippen LogP contribution in [0, 0.1) is 5.82 Å². The Morgan fingerprint density at radius 2 is 1.67 bits per heavy atom. The Morgan fingerprint density at radius 1 is 1.00 bits per heavy atom. The quantitative estimate of drug-likeness (QED) is 0.532. The Labute approximate surface area is 184 Å². The summed E-state index contributed by atoms with van der Waals surface area (Å²) in [4.78, 5) is 12.3. The molecule has 1 amide bonds. The predicted molar refractivity (Wildman–Crippen MR) is 118 cm³/mol. The van der Waals surface area contributed by atoms with Gasteiger partial charge >= 0.3 is 0 Å².